The van der Waals surface area contributed by atoms with E-state index in [0.29, 0.717) is 36.8 Å². The maximum Gasteiger partial charge on any atom is 0.226 e. The van der Waals surface area contributed by atoms with E-state index >= 15 is 0 Å². The number of methoxy groups -OCH3 is 2. The van der Waals surface area contributed by atoms with Gasteiger partial charge in [-0.25, -0.2) is 4.98 Å². The van der Waals surface area contributed by atoms with Crippen LogP contribution < -0.4 is 14.8 Å². The van der Waals surface area contributed by atoms with Crippen molar-refractivity contribution in [2.24, 2.45) is 0 Å². The van der Waals surface area contributed by atoms with Gasteiger partial charge in [-0.3, -0.25) is 4.79 Å². The van der Waals surface area contributed by atoms with Gasteiger partial charge >= 0.3 is 0 Å². The van der Waals surface area contributed by atoms with E-state index < -0.39 is 0 Å². The molecule has 1 aromatic heterocycles. The van der Waals surface area contributed by atoms with Crippen LogP contribution in [-0.4, -0.2) is 25.1 Å². The van der Waals surface area contributed by atoms with E-state index in [1.807, 2.05) is 55.5 Å². The van der Waals surface area contributed by atoms with Gasteiger partial charge in [-0.15, -0.1) is 0 Å². The molecule has 0 spiro atoms. The minimum absolute atomic E-state index is 0.0431. The molecule has 0 radical (unpaired) electrons. The molecule has 0 atom stereocenters. The van der Waals surface area contributed by atoms with Crippen molar-refractivity contribution >= 4 is 5.91 Å². The molecule has 0 unspecified atom stereocenters. The number of nitrogens with zero attached hydrogens (tertiary/aromatic N) is 1. The summed E-state index contributed by atoms with van der Waals surface area (Å²) < 4.78 is 16.2. The zero-order valence-corrected chi connectivity index (χ0v) is 16.3. The zero-order chi connectivity index (χ0) is 19.9. The highest BCUT2D eigenvalue weighted by Crippen LogP contribution is 2.27. The average Bonchev–Trinajstić information content (AvgIpc) is 3.11. The Morgan fingerprint density at radius 3 is 2.54 bits per heavy atom. The standard InChI is InChI=1S/C22H24N2O4/c1-15-18(24-22(28-15)17-7-5-4-6-8-17)10-12-21(25)23-14-16-9-11-19(26-2)20(13-16)27-3/h4-9,11,13H,10,12,14H2,1-3H3,(H,23,25). The summed E-state index contributed by atoms with van der Waals surface area (Å²) in [5.41, 5.74) is 2.67. The van der Waals surface area contributed by atoms with Crippen LogP contribution in [0.3, 0.4) is 0 Å². The largest absolute Gasteiger partial charge is 0.493 e. The van der Waals surface area contributed by atoms with Gasteiger partial charge in [0.1, 0.15) is 5.76 Å². The molecule has 0 fully saturated rings. The molecule has 1 amide bonds. The lowest BCUT2D eigenvalue weighted by Gasteiger charge is -2.10. The molecule has 2 aromatic carbocycles. The Labute approximate surface area is 164 Å². The van der Waals surface area contributed by atoms with Crippen molar-refractivity contribution in [1.29, 1.82) is 0 Å². The first kappa shape index (κ1) is 19.5. The number of ether oxygens (including phenoxy) is 2. The molecule has 28 heavy (non-hydrogen) atoms. The van der Waals surface area contributed by atoms with Crippen LogP contribution in [0.2, 0.25) is 0 Å². The molecule has 0 bridgehead atoms. The van der Waals surface area contributed by atoms with Gasteiger partial charge in [-0.1, -0.05) is 24.3 Å². The van der Waals surface area contributed by atoms with E-state index in [1.165, 1.54) is 0 Å². The summed E-state index contributed by atoms with van der Waals surface area (Å²) in [5, 5.41) is 2.92. The van der Waals surface area contributed by atoms with Crippen molar-refractivity contribution in [3.8, 4) is 23.0 Å². The van der Waals surface area contributed by atoms with Crippen LogP contribution in [0.1, 0.15) is 23.4 Å². The number of amides is 1. The molecule has 0 aliphatic carbocycles. The lowest BCUT2D eigenvalue weighted by atomic mass is 10.2. The van der Waals surface area contributed by atoms with Gasteiger partial charge in [0.05, 0.1) is 19.9 Å². The van der Waals surface area contributed by atoms with Gasteiger partial charge in [0.25, 0.3) is 0 Å². The topological polar surface area (TPSA) is 73.6 Å². The lowest BCUT2D eigenvalue weighted by molar-refractivity contribution is -0.121. The van der Waals surface area contributed by atoms with Gasteiger partial charge in [0, 0.05) is 24.9 Å². The molecule has 3 rings (SSSR count). The number of rotatable bonds is 8. The summed E-state index contributed by atoms with van der Waals surface area (Å²) in [6, 6.07) is 15.3. The molecule has 0 aliphatic heterocycles. The Kier molecular flexibility index (Phi) is 6.32. The van der Waals surface area contributed by atoms with Crippen LogP contribution in [0.15, 0.2) is 52.9 Å². The van der Waals surface area contributed by atoms with Gasteiger partial charge in [-0.2, -0.15) is 0 Å². The number of aryl methyl sites for hydroxylation is 2. The van der Waals surface area contributed by atoms with Crippen LogP contribution >= 0.6 is 0 Å². The van der Waals surface area contributed by atoms with Crippen LogP contribution in [0.4, 0.5) is 0 Å². The van der Waals surface area contributed by atoms with Crippen molar-refractivity contribution in [3.05, 3.63) is 65.5 Å². The third-order valence-electron chi connectivity index (χ3n) is 4.44. The summed E-state index contributed by atoms with van der Waals surface area (Å²) in [5.74, 6) is 2.58. The second-order valence-electron chi connectivity index (χ2n) is 6.35. The molecule has 0 saturated heterocycles. The van der Waals surface area contributed by atoms with Crippen molar-refractivity contribution < 1.29 is 18.7 Å². The normalized spacial score (nSPS) is 10.5. The molecule has 1 N–H and O–H groups in total. The van der Waals surface area contributed by atoms with E-state index in [1.54, 1.807) is 14.2 Å². The number of benzene rings is 2. The van der Waals surface area contributed by atoms with Gasteiger partial charge in [0.2, 0.25) is 11.8 Å². The molecule has 146 valence electrons. The highest BCUT2D eigenvalue weighted by atomic mass is 16.5. The summed E-state index contributed by atoms with van der Waals surface area (Å²) in [6.45, 7) is 2.29. The minimum Gasteiger partial charge on any atom is -0.493 e. The van der Waals surface area contributed by atoms with E-state index in [0.717, 1.165) is 22.6 Å². The Bertz CT molecular complexity index is 935. The number of hydrogen-bond donors (Lipinski definition) is 1. The predicted octanol–water partition coefficient (Wildman–Crippen LogP) is 3.92. The Hall–Kier alpha value is -3.28. The van der Waals surface area contributed by atoms with Gasteiger partial charge < -0.3 is 19.2 Å². The first-order valence-corrected chi connectivity index (χ1v) is 9.10. The van der Waals surface area contributed by atoms with Crippen molar-refractivity contribution in [2.75, 3.05) is 14.2 Å². The lowest BCUT2D eigenvalue weighted by Crippen LogP contribution is -2.23. The third-order valence-corrected chi connectivity index (χ3v) is 4.44. The summed E-state index contributed by atoms with van der Waals surface area (Å²) in [6.07, 6.45) is 0.870. The highest BCUT2D eigenvalue weighted by Gasteiger charge is 2.13. The third kappa shape index (κ3) is 4.71. The Balaban J connectivity index is 1.54. The van der Waals surface area contributed by atoms with E-state index in [9.17, 15) is 4.79 Å². The molecule has 6 heteroatoms. The molecule has 0 saturated carbocycles. The van der Waals surface area contributed by atoms with Gasteiger partial charge in [-0.05, 0) is 36.8 Å². The predicted molar refractivity (Wildman–Crippen MR) is 106 cm³/mol. The second-order valence-corrected chi connectivity index (χ2v) is 6.35. The molecule has 3 aromatic rings. The molecule has 6 nitrogen and oxygen atoms in total. The van der Waals surface area contributed by atoms with Crippen LogP contribution in [0, 0.1) is 6.92 Å². The number of hydrogen-bond acceptors (Lipinski definition) is 5. The van der Waals surface area contributed by atoms with Gasteiger partial charge in [0.15, 0.2) is 11.5 Å². The fourth-order valence-electron chi connectivity index (χ4n) is 2.88. The van der Waals surface area contributed by atoms with Crippen molar-refractivity contribution in [2.45, 2.75) is 26.3 Å². The average molecular weight is 380 g/mol. The van der Waals surface area contributed by atoms with Crippen LogP contribution in [0.25, 0.3) is 11.5 Å². The zero-order valence-electron chi connectivity index (χ0n) is 16.3. The second kappa shape index (κ2) is 9.08. The highest BCUT2D eigenvalue weighted by molar-refractivity contribution is 5.76. The quantitative estimate of drug-likeness (QED) is 0.641. The molecule has 1 heterocycles. The number of carbonyl (C=O) groups is 1. The first-order valence-electron chi connectivity index (χ1n) is 9.10. The van der Waals surface area contributed by atoms with E-state index in [4.69, 9.17) is 13.9 Å². The summed E-state index contributed by atoms with van der Waals surface area (Å²) in [4.78, 5) is 16.8. The fourth-order valence-corrected chi connectivity index (χ4v) is 2.88. The maximum absolute atomic E-state index is 12.2. The summed E-state index contributed by atoms with van der Waals surface area (Å²) >= 11 is 0. The monoisotopic (exact) mass is 380 g/mol. The molecular weight excluding hydrogens is 356 g/mol. The van der Waals surface area contributed by atoms with Crippen LogP contribution in [-0.2, 0) is 17.8 Å². The molecular formula is C22H24N2O4. The van der Waals surface area contributed by atoms with Crippen molar-refractivity contribution in [1.82, 2.24) is 10.3 Å². The fraction of sp³-hybridized carbons (Fsp3) is 0.273. The number of oxazole rings is 1. The van der Waals surface area contributed by atoms with Crippen LogP contribution in [0.5, 0.6) is 11.5 Å². The summed E-state index contributed by atoms with van der Waals surface area (Å²) in [7, 11) is 3.18. The first-order chi connectivity index (χ1) is 13.6. The number of nitrogens with one attached hydrogen (secondary N) is 1. The Morgan fingerprint density at radius 2 is 1.82 bits per heavy atom. The Morgan fingerprint density at radius 1 is 1.07 bits per heavy atom. The maximum atomic E-state index is 12.2. The SMILES string of the molecule is COc1ccc(CNC(=O)CCc2nc(-c3ccccc3)oc2C)cc1OC. The van der Waals surface area contributed by atoms with Crippen molar-refractivity contribution in [3.63, 3.8) is 0 Å². The van der Waals surface area contributed by atoms with E-state index in [-0.39, 0.29) is 5.91 Å². The number of aromatic nitrogens is 1. The smallest absolute Gasteiger partial charge is 0.226 e. The molecule has 0 aliphatic rings. The number of carbonyl (C=O) groups excluding carboxylic acids is 1. The van der Waals surface area contributed by atoms with E-state index in [2.05, 4.69) is 10.3 Å². The minimum atomic E-state index is -0.0431.